The minimum absolute atomic E-state index is 0.0329. The highest BCUT2D eigenvalue weighted by atomic mass is 32.1. The summed E-state index contributed by atoms with van der Waals surface area (Å²) in [4.78, 5) is 33.6. The average Bonchev–Trinajstić information content (AvgIpc) is 3.28. The summed E-state index contributed by atoms with van der Waals surface area (Å²) in [6.45, 7) is 2.95. The first kappa shape index (κ1) is 21.9. The number of ether oxygens (including phenoxy) is 1. The topological polar surface area (TPSA) is 72.4 Å². The number of aryl methyl sites for hydroxylation is 1. The smallest absolute Gasteiger partial charge is 0.416 e. The van der Waals surface area contributed by atoms with Gasteiger partial charge in [0.15, 0.2) is 5.13 Å². The Morgan fingerprint density at radius 2 is 1.87 bits per heavy atom. The molecule has 0 aliphatic rings. The molecule has 0 atom stereocenters. The predicted octanol–water partition coefficient (Wildman–Crippen LogP) is 4.90. The lowest BCUT2D eigenvalue weighted by atomic mass is 10.2. The van der Waals surface area contributed by atoms with Crippen molar-refractivity contribution in [2.24, 2.45) is 0 Å². The van der Waals surface area contributed by atoms with Crippen LogP contribution >= 0.6 is 22.7 Å². The van der Waals surface area contributed by atoms with E-state index in [4.69, 9.17) is 4.74 Å². The third-order valence-corrected chi connectivity index (χ3v) is 5.55. The van der Waals surface area contributed by atoms with Crippen molar-refractivity contribution in [2.45, 2.75) is 33.1 Å². The van der Waals surface area contributed by atoms with Crippen LogP contribution in [-0.2, 0) is 33.5 Å². The van der Waals surface area contributed by atoms with Crippen LogP contribution in [0.25, 0.3) is 0 Å². The molecule has 30 heavy (non-hydrogen) atoms. The van der Waals surface area contributed by atoms with Gasteiger partial charge in [-0.1, -0.05) is 6.07 Å². The third kappa shape index (κ3) is 5.42. The number of aromatic nitrogens is 2. The molecule has 0 saturated heterocycles. The molecule has 1 amide bonds. The van der Waals surface area contributed by atoms with Crippen molar-refractivity contribution in [2.75, 3.05) is 4.90 Å². The molecule has 0 aliphatic heterocycles. The molecule has 0 fully saturated rings. The zero-order chi connectivity index (χ0) is 21.9. The van der Waals surface area contributed by atoms with Gasteiger partial charge in [-0.15, -0.1) is 22.7 Å². The van der Waals surface area contributed by atoms with Gasteiger partial charge in [0.1, 0.15) is 6.61 Å². The largest absolute Gasteiger partial charge is 0.459 e. The number of amides is 1. The summed E-state index contributed by atoms with van der Waals surface area (Å²) in [5.41, 5.74) is 0.188. The lowest BCUT2D eigenvalue weighted by Crippen LogP contribution is -2.23. The predicted molar refractivity (Wildman–Crippen MR) is 107 cm³/mol. The normalized spacial score (nSPS) is 11.4. The summed E-state index contributed by atoms with van der Waals surface area (Å²) in [5, 5.41) is 4.39. The average molecular weight is 455 g/mol. The number of rotatable bonds is 6. The van der Waals surface area contributed by atoms with Gasteiger partial charge in [-0.2, -0.15) is 13.2 Å². The fraction of sp³-hybridized carbons (Fsp3) is 0.263. The Morgan fingerprint density at radius 3 is 2.50 bits per heavy atom. The Hall–Kier alpha value is -2.79. The highest BCUT2D eigenvalue weighted by molar-refractivity contribution is 7.14. The summed E-state index contributed by atoms with van der Waals surface area (Å²) in [5.74, 6) is -0.970. The van der Waals surface area contributed by atoms with Gasteiger partial charge in [0.2, 0.25) is 5.91 Å². The van der Waals surface area contributed by atoms with Crippen LogP contribution in [0.15, 0.2) is 35.0 Å². The molecule has 0 bridgehead atoms. The van der Waals surface area contributed by atoms with Crippen molar-refractivity contribution in [1.82, 2.24) is 9.97 Å². The van der Waals surface area contributed by atoms with E-state index < -0.39 is 23.6 Å². The maximum atomic E-state index is 13.0. The number of alkyl halides is 3. The first-order chi connectivity index (χ1) is 14.1. The first-order valence-corrected chi connectivity index (χ1v) is 10.4. The molecule has 3 aromatic rings. The van der Waals surface area contributed by atoms with Crippen LogP contribution in [0.3, 0.4) is 0 Å². The molecule has 6 nitrogen and oxygen atoms in total. The van der Waals surface area contributed by atoms with Crippen molar-refractivity contribution in [1.29, 1.82) is 0 Å². The molecule has 0 N–H and O–H groups in total. The van der Waals surface area contributed by atoms with Crippen LogP contribution < -0.4 is 4.90 Å². The minimum Gasteiger partial charge on any atom is -0.459 e. The number of thiazole rings is 2. The van der Waals surface area contributed by atoms with E-state index in [-0.39, 0.29) is 23.8 Å². The van der Waals surface area contributed by atoms with Crippen molar-refractivity contribution in [3.05, 3.63) is 57.0 Å². The molecule has 0 spiro atoms. The number of hydrogen-bond donors (Lipinski definition) is 0. The van der Waals surface area contributed by atoms with Crippen LogP contribution in [0.1, 0.15) is 28.9 Å². The van der Waals surface area contributed by atoms with Gasteiger partial charge in [0.25, 0.3) is 0 Å². The first-order valence-electron chi connectivity index (χ1n) is 8.62. The maximum Gasteiger partial charge on any atom is 0.416 e. The van der Waals surface area contributed by atoms with Gasteiger partial charge < -0.3 is 4.74 Å². The van der Waals surface area contributed by atoms with Crippen molar-refractivity contribution >= 4 is 45.4 Å². The number of hydrogen-bond acceptors (Lipinski definition) is 7. The standard InChI is InChI=1S/C19H16F3N3O3S2/c1-11-23-14(9-29-11)7-17(27)28-8-15-10-30-18(24-15)25(12(2)26)16-5-3-4-13(6-16)19(20,21)22/h3-6,9-10H,7-8H2,1-2H3. The van der Waals surface area contributed by atoms with E-state index in [1.807, 2.05) is 6.92 Å². The lowest BCUT2D eigenvalue weighted by molar-refractivity contribution is -0.144. The maximum absolute atomic E-state index is 13.0. The summed E-state index contributed by atoms with van der Waals surface area (Å²) >= 11 is 2.50. The van der Waals surface area contributed by atoms with Crippen LogP contribution in [-0.4, -0.2) is 21.8 Å². The highest BCUT2D eigenvalue weighted by Crippen LogP contribution is 2.35. The molecule has 1 aromatic carbocycles. The molecule has 0 unspecified atom stereocenters. The number of benzene rings is 1. The van der Waals surface area contributed by atoms with Crippen molar-refractivity contribution < 1.29 is 27.5 Å². The van der Waals surface area contributed by atoms with Gasteiger partial charge in [0, 0.05) is 17.7 Å². The van der Waals surface area contributed by atoms with Crippen molar-refractivity contribution in [3.63, 3.8) is 0 Å². The zero-order valence-corrected chi connectivity index (χ0v) is 17.5. The van der Waals surface area contributed by atoms with Gasteiger partial charge >= 0.3 is 12.1 Å². The number of carbonyl (C=O) groups is 2. The quantitative estimate of drug-likeness (QED) is 0.495. The highest BCUT2D eigenvalue weighted by Gasteiger charge is 2.31. The van der Waals surface area contributed by atoms with E-state index in [1.165, 1.54) is 30.4 Å². The molecule has 158 valence electrons. The monoisotopic (exact) mass is 455 g/mol. The number of esters is 1. The second-order valence-corrected chi connectivity index (χ2v) is 8.12. The van der Waals surface area contributed by atoms with Crippen LogP contribution in [0.4, 0.5) is 24.0 Å². The van der Waals surface area contributed by atoms with Crippen LogP contribution in [0.2, 0.25) is 0 Å². The Morgan fingerprint density at radius 1 is 1.13 bits per heavy atom. The second-order valence-electron chi connectivity index (χ2n) is 6.22. The summed E-state index contributed by atoms with van der Waals surface area (Å²) in [7, 11) is 0. The second kappa shape index (κ2) is 8.92. The lowest BCUT2D eigenvalue weighted by Gasteiger charge is -2.19. The van der Waals surface area contributed by atoms with E-state index in [0.29, 0.717) is 11.4 Å². The molecule has 11 heteroatoms. The van der Waals surface area contributed by atoms with Crippen LogP contribution in [0, 0.1) is 6.92 Å². The summed E-state index contributed by atoms with van der Waals surface area (Å²) < 4.78 is 44.2. The molecular formula is C19H16F3N3O3S2. The van der Waals surface area contributed by atoms with Gasteiger partial charge in [0.05, 0.1) is 34.1 Å². The molecule has 2 aromatic heterocycles. The zero-order valence-electron chi connectivity index (χ0n) is 15.9. The summed E-state index contributed by atoms with van der Waals surface area (Å²) in [6, 6.07) is 4.44. The number of carbonyl (C=O) groups excluding carboxylic acids is 2. The van der Waals surface area contributed by atoms with E-state index in [1.54, 1.807) is 10.8 Å². The van der Waals surface area contributed by atoms with Gasteiger partial charge in [-0.05, 0) is 25.1 Å². The molecule has 2 heterocycles. The van der Waals surface area contributed by atoms with E-state index >= 15 is 0 Å². The molecule has 0 saturated carbocycles. The van der Waals surface area contributed by atoms with E-state index in [9.17, 15) is 22.8 Å². The Bertz CT molecular complexity index is 1060. The van der Waals surface area contributed by atoms with E-state index in [2.05, 4.69) is 9.97 Å². The number of anilines is 2. The molecule has 0 radical (unpaired) electrons. The fourth-order valence-corrected chi connectivity index (χ4v) is 4.04. The molecule has 0 aliphatic carbocycles. The number of halogens is 3. The Labute approximate surface area is 178 Å². The minimum atomic E-state index is -4.53. The molecular weight excluding hydrogens is 439 g/mol. The fourth-order valence-electron chi connectivity index (χ4n) is 2.56. The number of nitrogens with zero attached hydrogens (tertiary/aromatic N) is 3. The van der Waals surface area contributed by atoms with Crippen molar-refractivity contribution in [3.8, 4) is 0 Å². The Kier molecular flexibility index (Phi) is 6.52. The SMILES string of the molecule is CC(=O)N(c1cccc(C(F)(F)F)c1)c1nc(COC(=O)Cc2csc(C)n2)cs1. The summed E-state index contributed by atoms with van der Waals surface area (Å²) in [6.07, 6.45) is -4.50. The van der Waals surface area contributed by atoms with Gasteiger partial charge in [-0.25, -0.2) is 9.97 Å². The van der Waals surface area contributed by atoms with E-state index in [0.717, 1.165) is 33.4 Å². The van der Waals surface area contributed by atoms with Crippen LogP contribution in [0.5, 0.6) is 0 Å². The molecule has 3 rings (SSSR count). The Balaban J connectivity index is 1.71. The third-order valence-electron chi connectivity index (χ3n) is 3.85. The van der Waals surface area contributed by atoms with Gasteiger partial charge in [-0.3, -0.25) is 14.5 Å².